The van der Waals surface area contributed by atoms with Crippen LogP contribution in [0, 0.1) is 0 Å². The highest BCUT2D eigenvalue weighted by Gasteiger charge is 2.23. The zero-order valence-electron chi connectivity index (χ0n) is 8.52. The Morgan fingerprint density at radius 3 is 2.29 bits per heavy atom. The molecule has 0 amide bonds. The van der Waals surface area contributed by atoms with Gasteiger partial charge in [0.2, 0.25) is 6.41 Å². The summed E-state index contributed by atoms with van der Waals surface area (Å²) in [5.41, 5.74) is -0.592. The maximum Gasteiger partial charge on any atom is 0.323 e. The summed E-state index contributed by atoms with van der Waals surface area (Å²) >= 11 is 0. The number of aliphatic hydroxyl groups excluding tert-OH is 2. The third-order valence-electron chi connectivity index (χ3n) is 1.29. The molecule has 0 aliphatic carbocycles. The molecule has 0 rings (SSSR count). The maximum atomic E-state index is 10.4. The SMILES string of the molecule is CC(C)(C)OC(O)NC(CO)C(=O)O. The van der Waals surface area contributed by atoms with Gasteiger partial charge in [0.25, 0.3) is 0 Å². The molecule has 0 radical (unpaired) electrons. The zero-order chi connectivity index (χ0) is 11.4. The summed E-state index contributed by atoms with van der Waals surface area (Å²) in [6.07, 6.45) is -1.41. The number of hydrogen-bond donors (Lipinski definition) is 4. The Morgan fingerprint density at radius 1 is 1.50 bits per heavy atom. The number of ether oxygens (including phenoxy) is 1. The summed E-state index contributed by atoms with van der Waals surface area (Å²) in [6, 6.07) is -1.23. The molecule has 84 valence electrons. The van der Waals surface area contributed by atoms with E-state index in [-0.39, 0.29) is 0 Å². The lowest BCUT2D eigenvalue weighted by Crippen LogP contribution is -2.48. The van der Waals surface area contributed by atoms with Gasteiger partial charge in [0, 0.05) is 0 Å². The molecular formula is C8H17NO5. The fourth-order valence-corrected chi connectivity index (χ4v) is 0.743. The van der Waals surface area contributed by atoms with E-state index in [1.54, 1.807) is 20.8 Å². The van der Waals surface area contributed by atoms with Crippen molar-refractivity contribution in [2.24, 2.45) is 0 Å². The first-order valence-electron chi connectivity index (χ1n) is 4.22. The third-order valence-corrected chi connectivity index (χ3v) is 1.29. The Bertz CT molecular complexity index is 189. The molecule has 2 unspecified atom stereocenters. The van der Waals surface area contributed by atoms with Crippen LogP contribution in [0.2, 0.25) is 0 Å². The van der Waals surface area contributed by atoms with Gasteiger partial charge >= 0.3 is 5.97 Å². The van der Waals surface area contributed by atoms with Crippen LogP contribution in [0.3, 0.4) is 0 Å². The summed E-state index contributed by atoms with van der Waals surface area (Å²) < 4.78 is 4.99. The van der Waals surface area contributed by atoms with Crippen molar-refractivity contribution in [1.82, 2.24) is 5.32 Å². The molecule has 6 heteroatoms. The molecule has 0 heterocycles. The highest BCUT2D eigenvalue weighted by Crippen LogP contribution is 2.08. The Balaban J connectivity index is 4.03. The second kappa shape index (κ2) is 5.26. The van der Waals surface area contributed by atoms with Crippen molar-refractivity contribution in [2.75, 3.05) is 6.61 Å². The molecule has 0 aromatic heterocycles. The van der Waals surface area contributed by atoms with Crippen molar-refractivity contribution < 1.29 is 24.9 Å². The summed E-state index contributed by atoms with van der Waals surface area (Å²) in [7, 11) is 0. The van der Waals surface area contributed by atoms with Crippen LogP contribution in [0.25, 0.3) is 0 Å². The minimum atomic E-state index is -1.41. The summed E-state index contributed by atoms with van der Waals surface area (Å²) in [5, 5.41) is 28.6. The van der Waals surface area contributed by atoms with Gasteiger partial charge in [-0.05, 0) is 20.8 Å². The molecule has 0 saturated heterocycles. The normalized spacial score (nSPS) is 16.4. The molecule has 6 nitrogen and oxygen atoms in total. The smallest absolute Gasteiger partial charge is 0.323 e. The lowest BCUT2D eigenvalue weighted by atomic mass is 10.2. The van der Waals surface area contributed by atoms with Crippen molar-refractivity contribution in [2.45, 2.75) is 38.8 Å². The molecule has 0 bridgehead atoms. The quantitative estimate of drug-likeness (QED) is 0.437. The molecule has 2 atom stereocenters. The number of carboxylic acid groups (broad SMARTS) is 1. The van der Waals surface area contributed by atoms with Crippen molar-refractivity contribution in [3.8, 4) is 0 Å². The first kappa shape index (κ1) is 13.3. The highest BCUT2D eigenvalue weighted by molar-refractivity contribution is 5.73. The summed E-state index contributed by atoms with van der Waals surface area (Å²) in [6.45, 7) is 4.53. The minimum Gasteiger partial charge on any atom is -0.480 e. The molecule has 0 fully saturated rings. The number of carboxylic acids is 1. The monoisotopic (exact) mass is 207 g/mol. The second-order valence-corrected chi connectivity index (χ2v) is 3.82. The van der Waals surface area contributed by atoms with E-state index in [1.807, 2.05) is 0 Å². The fourth-order valence-electron chi connectivity index (χ4n) is 0.743. The number of aliphatic carboxylic acids is 1. The van der Waals surface area contributed by atoms with Crippen LogP contribution in [-0.2, 0) is 9.53 Å². The molecule has 0 spiro atoms. The van der Waals surface area contributed by atoms with Crippen molar-refractivity contribution in [3.63, 3.8) is 0 Å². The van der Waals surface area contributed by atoms with Gasteiger partial charge in [-0.15, -0.1) is 0 Å². The van der Waals surface area contributed by atoms with E-state index in [4.69, 9.17) is 14.9 Å². The molecule has 0 aliphatic rings. The lowest BCUT2D eigenvalue weighted by molar-refractivity contribution is -0.190. The predicted octanol–water partition coefficient (Wildman–Crippen LogP) is -0.887. The van der Waals surface area contributed by atoms with Crippen LogP contribution in [0.5, 0.6) is 0 Å². The Morgan fingerprint density at radius 2 is 2.00 bits per heavy atom. The van der Waals surface area contributed by atoms with E-state index >= 15 is 0 Å². The third kappa shape index (κ3) is 5.87. The van der Waals surface area contributed by atoms with Crippen LogP contribution >= 0.6 is 0 Å². The zero-order valence-corrected chi connectivity index (χ0v) is 8.52. The van der Waals surface area contributed by atoms with Crippen LogP contribution < -0.4 is 5.32 Å². The van der Waals surface area contributed by atoms with Gasteiger partial charge in [-0.3, -0.25) is 10.1 Å². The van der Waals surface area contributed by atoms with Gasteiger partial charge in [-0.25, -0.2) is 0 Å². The number of nitrogens with one attached hydrogen (secondary N) is 1. The van der Waals surface area contributed by atoms with Gasteiger partial charge < -0.3 is 20.1 Å². The number of carbonyl (C=O) groups is 1. The van der Waals surface area contributed by atoms with E-state index in [1.165, 1.54) is 0 Å². The fraction of sp³-hybridized carbons (Fsp3) is 0.875. The van der Waals surface area contributed by atoms with E-state index < -0.39 is 30.6 Å². The van der Waals surface area contributed by atoms with E-state index in [0.29, 0.717) is 0 Å². The van der Waals surface area contributed by atoms with E-state index in [0.717, 1.165) is 0 Å². The molecule has 0 saturated carbocycles. The minimum absolute atomic E-state index is 0.592. The molecule has 4 N–H and O–H groups in total. The van der Waals surface area contributed by atoms with Crippen molar-refractivity contribution >= 4 is 5.97 Å². The number of hydrogen-bond acceptors (Lipinski definition) is 5. The van der Waals surface area contributed by atoms with Gasteiger partial charge in [-0.1, -0.05) is 0 Å². The summed E-state index contributed by atoms with van der Waals surface area (Å²) in [5.74, 6) is -1.25. The predicted molar refractivity (Wildman–Crippen MR) is 48.5 cm³/mol. The van der Waals surface area contributed by atoms with Gasteiger partial charge in [0.1, 0.15) is 6.04 Å². The lowest BCUT2D eigenvalue weighted by Gasteiger charge is -2.26. The molecular weight excluding hydrogens is 190 g/mol. The van der Waals surface area contributed by atoms with Crippen molar-refractivity contribution in [3.05, 3.63) is 0 Å². The van der Waals surface area contributed by atoms with Crippen LogP contribution in [0.15, 0.2) is 0 Å². The number of rotatable bonds is 5. The largest absolute Gasteiger partial charge is 0.480 e. The average Bonchev–Trinajstić information content (AvgIpc) is 1.96. The maximum absolute atomic E-state index is 10.4. The highest BCUT2D eigenvalue weighted by atomic mass is 16.6. The molecule has 14 heavy (non-hydrogen) atoms. The average molecular weight is 207 g/mol. The first-order chi connectivity index (χ1) is 6.26. The second-order valence-electron chi connectivity index (χ2n) is 3.82. The van der Waals surface area contributed by atoms with Gasteiger partial charge in [0.05, 0.1) is 12.2 Å². The van der Waals surface area contributed by atoms with Gasteiger partial charge in [-0.2, -0.15) is 0 Å². The first-order valence-corrected chi connectivity index (χ1v) is 4.22. The van der Waals surface area contributed by atoms with E-state index in [9.17, 15) is 9.90 Å². The Labute approximate surface area is 82.5 Å². The van der Waals surface area contributed by atoms with Crippen LogP contribution in [0.4, 0.5) is 0 Å². The molecule has 0 aromatic carbocycles. The molecule has 0 aliphatic heterocycles. The van der Waals surface area contributed by atoms with Crippen molar-refractivity contribution in [1.29, 1.82) is 0 Å². The topological polar surface area (TPSA) is 99.0 Å². The van der Waals surface area contributed by atoms with Crippen LogP contribution in [0.1, 0.15) is 20.8 Å². The Hall–Kier alpha value is -0.690. The van der Waals surface area contributed by atoms with Crippen LogP contribution in [-0.4, -0.2) is 46.0 Å². The summed E-state index contributed by atoms with van der Waals surface area (Å²) in [4.78, 5) is 10.4. The van der Waals surface area contributed by atoms with Gasteiger partial charge in [0.15, 0.2) is 0 Å². The van der Waals surface area contributed by atoms with E-state index in [2.05, 4.69) is 5.32 Å². The molecule has 0 aromatic rings. The number of aliphatic hydroxyl groups is 2. The standard InChI is InChI=1S/C8H17NO5/c1-8(2,3)14-7(13)9-5(4-10)6(11)12/h5,7,9-10,13H,4H2,1-3H3,(H,11,12). The Kier molecular flexibility index (Phi) is 5.00.